The summed E-state index contributed by atoms with van der Waals surface area (Å²) in [5.74, 6) is 0.999. The van der Waals surface area contributed by atoms with E-state index in [1.165, 1.54) is 68.9 Å². The maximum absolute atomic E-state index is 5.36. The van der Waals surface area contributed by atoms with Gasteiger partial charge in [-0.3, -0.25) is 0 Å². The Hall–Kier alpha value is -1.02. The summed E-state index contributed by atoms with van der Waals surface area (Å²) in [6, 6.07) is 8.00. The van der Waals surface area contributed by atoms with Crippen LogP contribution in [-0.2, 0) is 12.8 Å². The molecule has 1 fully saturated rings. The minimum atomic E-state index is 0.665. The predicted molar refractivity (Wildman–Crippen MR) is 83.4 cm³/mol. The normalized spacial score (nSPS) is 23.9. The first-order valence-corrected chi connectivity index (χ1v) is 8.27. The Kier molecular flexibility index (Phi) is 4.62. The van der Waals surface area contributed by atoms with E-state index in [1.807, 2.05) is 0 Å². The maximum Gasteiger partial charge on any atom is 0.119 e. The van der Waals surface area contributed by atoms with E-state index in [-0.39, 0.29) is 0 Å². The first-order valence-electron chi connectivity index (χ1n) is 8.27. The number of hydrogen-bond donors (Lipinski definition) is 1. The van der Waals surface area contributed by atoms with Crippen molar-refractivity contribution in [3.8, 4) is 5.75 Å². The molecule has 0 heterocycles. The summed E-state index contributed by atoms with van der Waals surface area (Å²) in [4.78, 5) is 0. The first-order chi connectivity index (χ1) is 9.85. The highest BCUT2D eigenvalue weighted by Gasteiger charge is 2.22. The largest absolute Gasteiger partial charge is 0.497 e. The van der Waals surface area contributed by atoms with Crippen molar-refractivity contribution in [2.24, 2.45) is 0 Å². The third kappa shape index (κ3) is 3.35. The summed E-state index contributed by atoms with van der Waals surface area (Å²) in [5.41, 5.74) is 3.01. The summed E-state index contributed by atoms with van der Waals surface area (Å²) >= 11 is 0. The van der Waals surface area contributed by atoms with Gasteiger partial charge in [-0.1, -0.05) is 31.7 Å². The van der Waals surface area contributed by atoms with Gasteiger partial charge in [0.05, 0.1) is 7.11 Å². The number of nitrogens with one attached hydrogen (secondary N) is 1. The molecule has 0 aliphatic heterocycles. The molecule has 0 bridgehead atoms. The summed E-state index contributed by atoms with van der Waals surface area (Å²) in [6.07, 6.45) is 12.1. The Morgan fingerprint density at radius 3 is 2.50 bits per heavy atom. The first kappa shape index (κ1) is 13.9. The number of benzene rings is 1. The number of hydrogen-bond acceptors (Lipinski definition) is 2. The van der Waals surface area contributed by atoms with Crippen LogP contribution in [0.15, 0.2) is 18.2 Å². The van der Waals surface area contributed by atoms with Crippen LogP contribution in [0.4, 0.5) is 0 Å². The molecular weight excluding hydrogens is 246 g/mol. The van der Waals surface area contributed by atoms with Gasteiger partial charge in [0, 0.05) is 12.1 Å². The van der Waals surface area contributed by atoms with Crippen LogP contribution in [0.3, 0.4) is 0 Å². The van der Waals surface area contributed by atoms with Gasteiger partial charge >= 0.3 is 0 Å². The molecule has 1 atom stereocenters. The molecule has 1 saturated carbocycles. The summed E-state index contributed by atoms with van der Waals surface area (Å²) < 4.78 is 5.36. The van der Waals surface area contributed by atoms with E-state index in [1.54, 1.807) is 7.11 Å². The summed E-state index contributed by atoms with van der Waals surface area (Å²) in [7, 11) is 1.76. The lowest BCUT2D eigenvalue weighted by Crippen LogP contribution is -2.41. The SMILES string of the molecule is COc1ccc2c(c1)CC(NC1CCCCCC1)CC2. The van der Waals surface area contributed by atoms with Gasteiger partial charge in [-0.25, -0.2) is 0 Å². The second kappa shape index (κ2) is 6.62. The van der Waals surface area contributed by atoms with Crippen LogP contribution in [0.5, 0.6) is 5.75 Å². The fourth-order valence-electron chi connectivity index (χ4n) is 3.78. The van der Waals surface area contributed by atoms with Crippen LogP contribution in [0.2, 0.25) is 0 Å². The van der Waals surface area contributed by atoms with E-state index in [9.17, 15) is 0 Å². The van der Waals surface area contributed by atoms with Crippen LogP contribution < -0.4 is 10.1 Å². The van der Waals surface area contributed by atoms with Gasteiger partial charge in [0.2, 0.25) is 0 Å². The maximum atomic E-state index is 5.36. The molecule has 0 spiro atoms. The van der Waals surface area contributed by atoms with Crippen molar-refractivity contribution in [3.63, 3.8) is 0 Å². The third-order valence-electron chi connectivity index (χ3n) is 4.97. The number of fused-ring (bicyclic) bond motifs is 1. The molecular formula is C18H27NO. The van der Waals surface area contributed by atoms with Gasteiger partial charge in [0.1, 0.15) is 5.75 Å². The zero-order valence-electron chi connectivity index (χ0n) is 12.7. The van der Waals surface area contributed by atoms with Gasteiger partial charge in [0.15, 0.2) is 0 Å². The van der Waals surface area contributed by atoms with Gasteiger partial charge in [0.25, 0.3) is 0 Å². The van der Waals surface area contributed by atoms with Crippen molar-refractivity contribution >= 4 is 0 Å². The number of ether oxygens (including phenoxy) is 1. The molecule has 0 saturated heterocycles. The monoisotopic (exact) mass is 273 g/mol. The van der Waals surface area contributed by atoms with Crippen molar-refractivity contribution in [3.05, 3.63) is 29.3 Å². The van der Waals surface area contributed by atoms with E-state index in [0.717, 1.165) is 11.8 Å². The molecule has 110 valence electrons. The highest BCUT2D eigenvalue weighted by atomic mass is 16.5. The highest BCUT2D eigenvalue weighted by molar-refractivity contribution is 5.37. The lowest BCUT2D eigenvalue weighted by Gasteiger charge is -2.29. The van der Waals surface area contributed by atoms with Crippen molar-refractivity contribution < 1.29 is 4.74 Å². The van der Waals surface area contributed by atoms with Crippen LogP contribution in [0.25, 0.3) is 0 Å². The van der Waals surface area contributed by atoms with Crippen LogP contribution in [0, 0.1) is 0 Å². The van der Waals surface area contributed by atoms with E-state index < -0.39 is 0 Å². The third-order valence-corrected chi connectivity index (χ3v) is 4.97. The van der Waals surface area contributed by atoms with Crippen molar-refractivity contribution in [1.29, 1.82) is 0 Å². The highest BCUT2D eigenvalue weighted by Crippen LogP contribution is 2.27. The van der Waals surface area contributed by atoms with Gasteiger partial charge < -0.3 is 10.1 Å². The molecule has 1 aromatic rings. The molecule has 0 aromatic heterocycles. The Balaban J connectivity index is 1.62. The zero-order chi connectivity index (χ0) is 13.8. The van der Waals surface area contributed by atoms with Crippen molar-refractivity contribution in [2.45, 2.75) is 69.9 Å². The summed E-state index contributed by atoms with van der Waals surface area (Å²) in [6.45, 7) is 0. The molecule has 2 aliphatic carbocycles. The van der Waals surface area contributed by atoms with Crippen LogP contribution >= 0.6 is 0 Å². The number of rotatable bonds is 3. The van der Waals surface area contributed by atoms with E-state index in [4.69, 9.17) is 4.74 Å². The topological polar surface area (TPSA) is 21.3 Å². The molecule has 2 heteroatoms. The molecule has 2 aliphatic rings. The molecule has 1 unspecified atom stereocenters. The standard InChI is InChI=1S/C18H27NO/c1-20-18-11-9-14-8-10-17(12-15(14)13-18)19-16-6-4-2-3-5-7-16/h9,11,13,16-17,19H,2-8,10,12H2,1H3. The average Bonchev–Trinajstić information content (AvgIpc) is 2.75. The van der Waals surface area contributed by atoms with Gasteiger partial charge in [-0.2, -0.15) is 0 Å². The molecule has 0 radical (unpaired) electrons. The van der Waals surface area contributed by atoms with Crippen LogP contribution in [0.1, 0.15) is 56.1 Å². The van der Waals surface area contributed by atoms with Crippen LogP contribution in [-0.4, -0.2) is 19.2 Å². The Bertz CT molecular complexity index is 435. The average molecular weight is 273 g/mol. The van der Waals surface area contributed by atoms with E-state index in [2.05, 4.69) is 23.5 Å². The van der Waals surface area contributed by atoms with E-state index >= 15 is 0 Å². The molecule has 20 heavy (non-hydrogen) atoms. The number of aryl methyl sites for hydroxylation is 1. The second-order valence-corrected chi connectivity index (χ2v) is 6.43. The molecule has 0 amide bonds. The molecule has 2 nitrogen and oxygen atoms in total. The minimum Gasteiger partial charge on any atom is -0.497 e. The smallest absolute Gasteiger partial charge is 0.119 e. The number of methoxy groups -OCH3 is 1. The van der Waals surface area contributed by atoms with Gasteiger partial charge in [-0.15, -0.1) is 0 Å². The fourth-order valence-corrected chi connectivity index (χ4v) is 3.78. The Morgan fingerprint density at radius 2 is 1.75 bits per heavy atom. The summed E-state index contributed by atoms with van der Waals surface area (Å²) in [5, 5.41) is 3.94. The Morgan fingerprint density at radius 1 is 0.950 bits per heavy atom. The lowest BCUT2D eigenvalue weighted by atomic mass is 9.87. The Labute approximate surface area is 122 Å². The van der Waals surface area contributed by atoms with Crippen molar-refractivity contribution in [2.75, 3.05) is 7.11 Å². The fraction of sp³-hybridized carbons (Fsp3) is 0.667. The predicted octanol–water partition coefficient (Wildman–Crippen LogP) is 3.86. The molecule has 3 rings (SSSR count). The van der Waals surface area contributed by atoms with Crippen molar-refractivity contribution in [1.82, 2.24) is 5.32 Å². The molecule has 1 aromatic carbocycles. The minimum absolute atomic E-state index is 0.665. The van der Waals surface area contributed by atoms with E-state index in [0.29, 0.717) is 6.04 Å². The quantitative estimate of drug-likeness (QED) is 0.844. The molecule has 1 N–H and O–H groups in total. The zero-order valence-corrected chi connectivity index (χ0v) is 12.7. The second-order valence-electron chi connectivity index (χ2n) is 6.43. The van der Waals surface area contributed by atoms with Gasteiger partial charge in [-0.05, 0) is 55.4 Å². The lowest BCUT2D eigenvalue weighted by molar-refractivity contribution is 0.365.